The van der Waals surface area contributed by atoms with Crippen molar-refractivity contribution in [1.29, 1.82) is 0 Å². The van der Waals surface area contributed by atoms with Crippen molar-refractivity contribution in [3.63, 3.8) is 0 Å². The van der Waals surface area contributed by atoms with Crippen molar-refractivity contribution in [2.75, 3.05) is 18.0 Å². The first-order chi connectivity index (χ1) is 9.63. The maximum absolute atomic E-state index is 4.74. The summed E-state index contributed by atoms with van der Waals surface area (Å²) in [5.74, 6) is 1.08. The smallest absolute Gasteiger partial charge is 0.150 e. The van der Waals surface area contributed by atoms with Crippen LogP contribution < -0.4 is 10.2 Å². The molecule has 2 atom stereocenters. The van der Waals surface area contributed by atoms with Crippen molar-refractivity contribution in [2.24, 2.45) is 0 Å². The van der Waals surface area contributed by atoms with Gasteiger partial charge in [0, 0.05) is 24.8 Å². The standard InChI is InChI=1S/C16H28N4/c1-5-9-17-13(3)15-8-6-7-10-20(15)16-14(4)18-11-12(2)19-16/h11,13,15,17H,5-10H2,1-4H3. The molecule has 20 heavy (non-hydrogen) atoms. The van der Waals surface area contributed by atoms with Crippen LogP contribution in [0.3, 0.4) is 0 Å². The highest BCUT2D eigenvalue weighted by Gasteiger charge is 2.29. The fraction of sp³-hybridized carbons (Fsp3) is 0.750. The highest BCUT2D eigenvalue weighted by Crippen LogP contribution is 2.27. The van der Waals surface area contributed by atoms with Crippen LogP contribution in [-0.4, -0.2) is 35.1 Å². The quantitative estimate of drug-likeness (QED) is 0.898. The van der Waals surface area contributed by atoms with Crippen LogP contribution in [0.4, 0.5) is 5.82 Å². The van der Waals surface area contributed by atoms with E-state index in [0.29, 0.717) is 12.1 Å². The molecule has 2 heterocycles. The van der Waals surface area contributed by atoms with Crippen molar-refractivity contribution in [2.45, 2.75) is 65.5 Å². The van der Waals surface area contributed by atoms with E-state index in [1.807, 2.05) is 13.1 Å². The highest BCUT2D eigenvalue weighted by atomic mass is 15.2. The molecule has 0 saturated carbocycles. The Kier molecular flexibility index (Phi) is 5.35. The van der Waals surface area contributed by atoms with Crippen LogP contribution in [-0.2, 0) is 0 Å². The Morgan fingerprint density at radius 3 is 2.95 bits per heavy atom. The summed E-state index contributed by atoms with van der Waals surface area (Å²) in [5.41, 5.74) is 2.05. The summed E-state index contributed by atoms with van der Waals surface area (Å²) in [6.07, 6.45) is 6.85. The lowest BCUT2D eigenvalue weighted by atomic mass is 9.96. The second-order valence-electron chi connectivity index (χ2n) is 5.92. The van der Waals surface area contributed by atoms with Gasteiger partial charge in [-0.2, -0.15) is 0 Å². The Hall–Kier alpha value is -1.16. The van der Waals surface area contributed by atoms with Crippen LogP contribution in [0.2, 0.25) is 0 Å². The fourth-order valence-electron chi connectivity index (χ4n) is 3.05. The van der Waals surface area contributed by atoms with Crippen LogP contribution in [0.5, 0.6) is 0 Å². The van der Waals surface area contributed by atoms with Crippen LogP contribution >= 0.6 is 0 Å². The molecule has 0 spiro atoms. The topological polar surface area (TPSA) is 41.0 Å². The molecule has 1 fully saturated rings. The van der Waals surface area contributed by atoms with E-state index in [-0.39, 0.29) is 0 Å². The van der Waals surface area contributed by atoms with Gasteiger partial charge in [-0.25, -0.2) is 4.98 Å². The molecule has 1 aliphatic heterocycles. The Morgan fingerprint density at radius 1 is 1.40 bits per heavy atom. The normalized spacial score (nSPS) is 21.0. The summed E-state index contributed by atoms with van der Waals surface area (Å²) in [6.45, 7) is 10.8. The number of rotatable bonds is 5. The molecule has 4 heteroatoms. The minimum atomic E-state index is 0.497. The summed E-state index contributed by atoms with van der Waals surface area (Å²) in [4.78, 5) is 11.7. The first kappa shape index (κ1) is 15.2. The Balaban J connectivity index is 2.19. The fourth-order valence-corrected chi connectivity index (χ4v) is 3.05. The molecular formula is C16H28N4. The van der Waals surface area contributed by atoms with Crippen molar-refractivity contribution in [3.05, 3.63) is 17.6 Å². The number of aromatic nitrogens is 2. The number of hydrogen-bond acceptors (Lipinski definition) is 4. The monoisotopic (exact) mass is 276 g/mol. The van der Waals surface area contributed by atoms with E-state index in [1.165, 1.54) is 25.7 Å². The second-order valence-corrected chi connectivity index (χ2v) is 5.92. The highest BCUT2D eigenvalue weighted by molar-refractivity contribution is 5.45. The van der Waals surface area contributed by atoms with Crippen molar-refractivity contribution in [3.8, 4) is 0 Å². The van der Waals surface area contributed by atoms with Crippen molar-refractivity contribution in [1.82, 2.24) is 15.3 Å². The summed E-state index contributed by atoms with van der Waals surface area (Å²) < 4.78 is 0. The number of nitrogens with zero attached hydrogens (tertiary/aromatic N) is 3. The molecule has 0 bridgehead atoms. The predicted octanol–water partition coefficient (Wildman–Crippen LogP) is 2.84. The van der Waals surface area contributed by atoms with Gasteiger partial charge in [0.25, 0.3) is 0 Å². The zero-order chi connectivity index (χ0) is 14.5. The maximum atomic E-state index is 4.74. The van der Waals surface area contributed by atoms with Gasteiger partial charge in [-0.05, 0) is 53.0 Å². The lowest BCUT2D eigenvalue weighted by molar-refractivity contribution is 0.365. The third kappa shape index (κ3) is 3.48. The Bertz CT molecular complexity index is 432. The van der Waals surface area contributed by atoms with Crippen LogP contribution in [0.1, 0.15) is 50.9 Å². The second kappa shape index (κ2) is 7.02. The van der Waals surface area contributed by atoms with Gasteiger partial charge in [0.05, 0.1) is 11.4 Å². The van der Waals surface area contributed by atoms with Gasteiger partial charge >= 0.3 is 0 Å². The van der Waals surface area contributed by atoms with Crippen LogP contribution in [0.15, 0.2) is 6.20 Å². The SMILES string of the molecule is CCCNC(C)C1CCCCN1c1nc(C)cnc1C. The molecule has 1 N–H and O–H groups in total. The number of hydrogen-bond donors (Lipinski definition) is 1. The molecular weight excluding hydrogens is 248 g/mol. The van der Waals surface area contributed by atoms with Crippen LogP contribution in [0, 0.1) is 13.8 Å². The Morgan fingerprint density at radius 2 is 2.20 bits per heavy atom. The van der Waals surface area contributed by atoms with E-state index >= 15 is 0 Å². The third-order valence-corrected chi connectivity index (χ3v) is 4.17. The molecule has 0 radical (unpaired) electrons. The zero-order valence-corrected chi connectivity index (χ0v) is 13.3. The molecule has 1 aromatic rings. The molecule has 2 unspecified atom stereocenters. The van der Waals surface area contributed by atoms with Gasteiger partial charge < -0.3 is 10.2 Å². The van der Waals surface area contributed by atoms with Gasteiger partial charge in [0.2, 0.25) is 0 Å². The molecule has 1 saturated heterocycles. The van der Waals surface area contributed by atoms with E-state index in [1.54, 1.807) is 0 Å². The maximum Gasteiger partial charge on any atom is 0.150 e. The van der Waals surface area contributed by atoms with Crippen molar-refractivity contribution < 1.29 is 0 Å². The van der Waals surface area contributed by atoms with Gasteiger partial charge in [0.1, 0.15) is 0 Å². The first-order valence-electron chi connectivity index (χ1n) is 7.93. The third-order valence-electron chi connectivity index (χ3n) is 4.17. The largest absolute Gasteiger partial charge is 0.351 e. The van der Waals surface area contributed by atoms with E-state index in [9.17, 15) is 0 Å². The van der Waals surface area contributed by atoms with Crippen LogP contribution in [0.25, 0.3) is 0 Å². The molecule has 0 amide bonds. The summed E-state index contributed by atoms with van der Waals surface area (Å²) in [5, 5.41) is 3.65. The minimum absolute atomic E-state index is 0.497. The number of nitrogens with one attached hydrogen (secondary N) is 1. The van der Waals surface area contributed by atoms with Crippen molar-refractivity contribution >= 4 is 5.82 Å². The summed E-state index contributed by atoms with van der Waals surface area (Å²) >= 11 is 0. The van der Waals surface area contributed by atoms with E-state index < -0.39 is 0 Å². The molecule has 112 valence electrons. The van der Waals surface area contributed by atoms with Gasteiger partial charge in [-0.3, -0.25) is 4.98 Å². The molecule has 4 nitrogen and oxygen atoms in total. The average molecular weight is 276 g/mol. The molecule has 2 rings (SSSR count). The lowest BCUT2D eigenvalue weighted by Gasteiger charge is -2.41. The van der Waals surface area contributed by atoms with E-state index in [0.717, 1.165) is 30.3 Å². The molecule has 1 aromatic heterocycles. The lowest BCUT2D eigenvalue weighted by Crippen LogP contribution is -2.52. The number of aryl methyl sites for hydroxylation is 2. The number of anilines is 1. The predicted molar refractivity (Wildman–Crippen MR) is 84.2 cm³/mol. The number of piperidine rings is 1. The molecule has 0 aliphatic carbocycles. The molecule has 1 aliphatic rings. The molecule has 0 aromatic carbocycles. The van der Waals surface area contributed by atoms with Gasteiger partial charge in [0.15, 0.2) is 5.82 Å². The summed E-state index contributed by atoms with van der Waals surface area (Å²) in [6, 6.07) is 1.03. The first-order valence-corrected chi connectivity index (χ1v) is 7.93. The van der Waals surface area contributed by atoms with Gasteiger partial charge in [-0.15, -0.1) is 0 Å². The van der Waals surface area contributed by atoms with E-state index in [4.69, 9.17) is 4.98 Å². The van der Waals surface area contributed by atoms with E-state index in [2.05, 4.69) is 36.0 Å². The minimum Gasteiger partial charge on any atom is -0.351 e. The Labute approximate surface area is 123 Å². The van der Waals surface area contributed by atoms with Gasteiger partial charge in [-0.1, -0.05) is 6.92 Å². The summed E-state index contributed by atoms with van der Waals surface area (Å²) in [7, 11) is 0. The average Bonchev–Trinajstić information content (AvgIpc) is 2.47. The zero-order valence-electron chi connectivity index (χ0n) is 13.3.